The third kappa shape index (κ3) is 7.15. The van der Waals surface area contributed by atoms with Crippen molar-refractivity contribution in [2.24, 2.45) is 11.7 Å². The Morgan fingerprint density at radius 1 is 1.43 bits per heavy atom. The first-order chi connectivity index (χ1) is 9.88. The normalized spacial score (nSPS) is 10.9. The van der Waals surface area contributed by atoms with Crippen LogP contribution in [-0.4, -0.2) is 35.4 Å². The van der Waals surface area contributed by atoms with Gasteiger partial charge in [-0.3, -0.25) is 9.69 Å². The summed E-state index contributed by atoms with van der Waals surface area (Å²) in [6, 6.07) is 6.11. The summed E-state index contributed by atoms with van der Waals surface area (Å²) >= 11 is 4.86. The van der Waals surface area contributed by atoms with E-state index in [4.69, 9.17) is 18.0 Å². The lowest BCUT2D eigenvalue weighted by molar-refractivity contribution is -0.117. The van der Waals surface area contributed by atoms with Gasteiger partial charge in [0.05, 0.1) is 17.2 Å². The SMILES string of the molecule is CC(C)CN(CCC(N)=S)CC(=O)Nc1ccccc1F. The van der Waals surface area contributed by atoms with Crippen LogP contribution in [0.3, 0.4) is 0 Å². The monoisotopic (exact) mass is 311 g/mol. The van der Waals surface area contributed by atoms with E-state index in [9.17, 15) is 9.18 Å². The average molecular weight is 311 g/mol. The standard InChI is InChI=1S/C15H22FN3OS/c1-11(2)9-19(8-7-14(17)21)10-15(20)18-13-6-4-3-5-12(13)16/h3-6,11H,7-10H2,1-2H3,(H2,17,21)(H,18,20). The lowest BCUT2D eigenvalue weighted by atomic mass is 10.2. The Bertz CT molecular complexity index is 494. The van der Waals surface area contributed by atoms with Gasteiger partial charge in [0.1, 0.15) is 5.82 Å². The number of nitrogens with zero attached hydrogens (tertiary/aromatic N) is 1. The molecule has 116 valence electrons. The molecule has 0 spiro atoms. The highest BCUT2D eigenvalue weighted by atomic mass is 32.1. The second-order valence-electron chi connectivity index (χ2n) is 5.37. The van der Waals surface area contributed by atoms with Crippen molar-refractivity contribution in [2.75, 3.05) is 25.0 Å². The number of thiocarbonyl (C=S) groups is 1. The van der Waals surface area contributed by atoms with Crippen LogP contribution in [0.15, 0.2) is 24.3 Å². The quantitative estimate of drug-likeness (QED) is 0.724. The number of hydrogen-bond acceptors (Lipinski definition) is 3. The van der Waals surface area contributed by atoms with Gasteiger partial charge in [-0.25, -0.2) is 4.39 Å². The molecule has 0 bridgehead atoms. The Morgan fingerprint density at radius 3 is 2.67 bits per heavy atom. The summed E-state index contributed by atoms with van der Waals surface area (Å²) < 4.78 is 13.5. The minimum atomic E-state index is -0.440. The highest BCUT2D eigenvalue weighted by molar-refractivity contribution is 7.80. The van der Waals surface area contributed by atoms with Gasteiger partial charge in [0.15, 0.2) is 0 Å². The molecule has 0 saturated carbocycles. The van der Waals surface area contributed by atoms with Crippen molar-refractivity contribution < 1.29 is 9.18 Å². The van der Waals surface area contributed by atoms with E-state index < -0.39 is 5.82 Å². The number of nitrogens with two attached hydrogens (primary N) is 1. The molecule has 1 aromatic rings. The van der Waals surface area contributed by atoms with Gasteiger partial charge in [0.2, 0.25) is 5.91 Å². The maximum atomic E-state index is 13.5. The van der Waals surface area contributed by atoms with Crippen LogP contribution >= 0.6 is 12.2 Å². The summed E-state index contributed by atoms with van der Waals surface area (Å²) in [5.74, 6) is -0.273. The van der Waals surface area contributed by atoms with E-state index in [2.05, 4.69) is 19.2 Å². The molecule has 1 amide bonds. The van der Waals surface area contributed by atoms with Crippen LogP contribution in [0, 0.1) is 11.7 Å². The summed E-state index contributed by atoms with van der Waals surface area (Å²) in [5.41, 5.74) is 5.70. The topological polar surface area (TPSA) is 58.4 Å². The van der Waals surface area contributed by atoms with Crippen LogP contribution < -0.4 is 11.1 Å². The lowest BCUT2D eigenvalue weighted by Gasteiger charge is -2.23. The maximum Gasteiger partial charge on any atom is 0.238 e. The Kier molecular flexibility index (Phi) is 7.25. The molecule has 4 nitrogen and oxygen atoms in total. The molecule has 1 aromatic carbocycles. The molecular formula is C15H22FN3OS. The van der Waals surface area contributed by atoms with Gasteiger partial charge in [-0.2, -0.15) is 0 Å². The number of carbonyl (C=O) groups is 1. The lowest BCUT2D eigenvalue weighted by Crippen LogP contribution is -2.37. The average Bonchev–Trinajstić information content (AvgIpc) is 2.38. The van der Waals surface area contributed by atoms with Crippen molar-refractivity contribution in [3.63, 3.8) is 0 Å². The Morgan fingerprint density at radius 2 is 2.10 bits per heavy atom. The zero-order valence-corrected chi connectivity index (χ0v) is 13.3. The Balaban J connectivity index is 2.58. The molecule has 0 aliphatic carbocycles. The zero-order valence-electron chi connectivity index (χ0n) is 12.4. The van der Waals surface area contributed by atoms with Crippen molar-refractivity contribution in [3.8, 4) is 0 Å². The van der Waals surface area contributed by atoms with Crippen molar-refractivity contribution in [2.45, 2.75) is 20.3 Å². The number of halogens is 1. The highest BCUT2D eigenvalue weighted by Crippen LogP contribution is 2.12. The summed E-state index contributed by atoms with van der Waals surface area (Å²) in [7, 11) is 0. The van der Waals surface area contributed by atoms with E-state index in [1.807, 2.05) is 4.90 Å². The van der Waals surface area contributed by atoms with Crippen LogP contribution in [0.2, 0.25) is 0 Å². The maximum absolute atomic E-state index is 13.5. The third-order valence-electron chi connectivity index (χ3n) is 2.81. The second-order valence-corrected chi connectivity index (χ2v) is 5.90. The molecule has 3 N–H and O–H groups in total. The molecule has 1 rings (SSSR count). The van der Waals surface area contributed by atoms with E-state index >= 15 is 0 Å². The molecule has 0 aromatic heterocycles. The molecule has 0 heterocycles. The number of hydrogen-bond donors (Lipinski definition) is 2. The third-order valence-corrected chi connectivity index (χ3v) is 3.02. The summed E-state index contributed by atoms with van der Waals surface area (Å²) in [5, 5.41) is 2.58. The van der Waals surface area contributed by atoms with E-state index in [1.54, 1.807) is 12.1 Å². The molecule has 0 radical (unpaired) electrons. The highest BCUT2D eigenvalue weighted by Gasteiger charge is 2.13. The summed E-state index contributed by atoms with van der Waals surface area (Å²) in [4.78, 5) is 14.4. The predicted molar refractivity (Wildman–Crippen MR) is 87.7 cm³/mol. The fourth-order valence-electron chi connectivity index (χ4n) is 1.98. The van der Waals surface area contributed by atoms with Gasteiger partial charge in [0, 0.05) is 19.5 Å². The molecule has 0 aliphatic rings. The van der Waals surface area contributed by atoms with Gasteiger partial charge < -0.3 is 11.1 Å². The van der Waals surface area contributed by atoms with Crippen LogP contribution in [0.4, 0.5) is 10.1 Å². The van der Waals surface area contributed by atoms with Crippen LogP contribution in [0.25, 0.3) is 0 Å². The molecular weight excluding hydrogens is 289 g/mol. The molecule has 0 fully saturated rings. The number of amides is 1. The first-order valence-electron chi connectivity index (χ1n) is 6.93. The van der Waals surface area contributed by atoms with Crippen LogP contribution in [0.5, 0.6) is 0 Å². The van der Waals surface area contributed by atoms with Gasteiger partial charge in [-0.1, -0.05) is 38.2 Å². The molecule has 0 saturated heterocycles. The molecule has 21 heavy (non-hydrogen) atoms. The van der Waals surface area contributed by atoms with Crippen LogP contribution in [0.1, 0.15) is 20.3 Å². The van der Waals surface area contributed by atoms with Crippen molar-refractivity contribution in [1.82, 2.24) is 4.90 Å². The number of para-hydroxylation sites is 1. The van der Waals surface area contributed by atoms with Crippen molar-refractivity contribution >= 4 is 28.8 Å². The second kappa shape index (κ2) is 8.69. The first-order valence-corrected chi connectivity index (χ1v) is 7.34. The predicted octanol–water partition coefficient (Wildman–Crippen LogP) is 2.40. The Labute approximate surface area is 130 Å². The summed E-state index contributed by atoms with van der Waals surface area (Å²) in [6.07, 6.45) is 0.565. The number of anilines is 1. The van der Waals surface area contributed by atoms with Gasteiger partial charge in [-0.15, -0.1) is 0 Å². The smallest absolute Gasteiger partial charge is 0.238 e. The number of carbonyl (C=O) groups excluding carboxylic acids is 1. The largest absolute Gasteiger partial charge is 0.393 e. The molecule has 6 heteroatoms. The number of rotatable bonds is 8. The number of nitrogens with one attached hydrogen (secondary N) is 1. The number of benzene rings is 1. The van der Waals surface area contributed by atoms with Gasteiger partial charge >= 0.3 is 0 Å². The summed E-state index contributed by atoms with van der Waals surface area (Å²) in [6.45, 7) is 5.71. The van der Waals surface area contributed by atoms with Crippen molar-refractivity contribution in [3.05, 3.63) is 30.1 Å². The first kappa shape index (κ1) is 17.5. The zero-order chi connectivity index (χ0) is 15.8. The van der Waals surface area contributed by atoms with Gasteiger partial charge in [-0.05, 0) is 18.1 Å². The van der Waals surface area contributed by atoms with Crippen molar-refractivity contribution in [1.29, 1.82) is 0 Å². The van der Waals surface area contributed by atoms with Gasteiger partial charge in [0.25, 0.3) is 0 Å². The van der Waals surface area contributed by atoms with E-state index in [0.29, 0.717) is 23.9 Å². The van der Waals surface area contributed by atoms with Crippen LogP contribution in [-0.2, 0) is 4.79 Å². The minimum Gasteiger partial charge on any atom is -0.393 e. The minimum absolute atomic E-state index is 0.190. The van der Waals surface area contributed by atoms with E-state index in [1.165, 1.54) is 12.1 Å². The van der Waals surface area contributed by atoms with E-state index in [0.717, 1.165) is 6.54 Å². The molecule has 0 unspecified atom stereocenters. The van der Waals surface area contributed by atoms with E-state index in [-0.39, 0.29) is 18.1 Å². The fourth-order valence-corrected chi connectivity index (χ4v) is 2.07. The molecule has 0 aliphatic heterocycles. The fraction of sp³-hybridized carbons (Fsp3) is 0.467. The molecule has 0 atom stereocenters. The Hall–Kier alpha value is -1.53.